The molecule has 2 aromatic rings. The maximum atomic E-state index is 4.44. The first kappa shape index (κ1) is 14.4. The Kier molecular flexibility index (Phi) is 4.02. The Morgan fingerprint density at radius 2 is 1.75 bits per heavy atom. The molecule has 0 unspecified atom stereocenters. The molecule has 0 saturated heterocycles. The van der Waals surface area contributed by atoms with Gasteiger partial charge in [0.25, 0.3) is 0 Å². The first-order chi connectivity index (χ1) is 9.40. The molecule has 0 saturated carbocycles. The van der Waals surface area contributed by atoms with Crippen LogP contribution in [0.2, 0.25) is 0 Å². The van der Waals surface area contributed by atoms with Crippen LogP contribution in [0.3, 0.4) is 0 Å². The number of aromatic nitrogens is 2. The van der Waals surface area contributed by atoms with Crippen LogP contribution in [0, 0.1) is 20.8 Å². The van der Waals surface area contributed by atoms with Crippen LogP contribution in [0.4, 0.5) is 11.6 Å². The third kappa shape index (κ3) is 2.79. The first-order valence-corrected chi connectivity index (χ1v) is 6.89. The zero-order valence-electron chi connectivity index (χ0n) is 13.3. The van der Waals surface area contributed by atoms with E-state index in [2.05, 4.69) is 47.8 Å². The zero-order valence-corrected chi connectivity index (χ0v) is 13.3. The van der Waals surface area contributed by atoms with E-state index in [1.807, 2.05) is 32.2 Å². The van der Waals surface area contributed by atoms with Gasteiger partial charge < -0.3 is 14.8 Å². The second kappa shape index (κ2) is 5.57. The fourth-order valence-corrected chi connectivity index (χ4v) is 2.65. The second-order valence-corrected chi connectivity index (χ2v) is 5.63. The lowest BCUT2D eigenvalue weighted by atomic mass is 10.1. The highest BCUT2D eigenvalue weighted by molar-refractivity contribution is 5.58. The Labute approximate surface area is 121 Å². The molecule has 20 heavy (non-hydrogen) atoms. The largest absolute Gasteiger partial charge is 0.379 e. The van der Waals surface area contributed by atoms with Crippen molar-refractivity contribution in [2.75, 3.05) is 24.3 Å². The molecule has 4 nitrogen and oxygen atoms in total. The van der Waals surface area contributed by atoms with Gasteiger partial charge in [-0.05, 0) is 31.9 Å². The van der Waals surface area contributed by atoms with E-state index in [4.69, 9.17) is 0 Å². The van der Waals surface area contributed by atoms with Gasteiger partial charge in [-0.15, -0.1) is 0 Å². The van der Waals surface area contributed by atoms with Gasteiger partial charge in [0.1, 0.15) is 0 Å². The molecular weight excluding hydrogens is 248 g/mol. The number of imidazole rings is 1. The summed E-state index contributed by atoms with van der Waals surface area (Å²) < 4.78 is 2.12. The van der Waals surface area contributed by atoms with Crippen LogP contribution in [-0.2, 0) is 13.6 Å². The summed E-state index contributed by atoms with van der Waals surface area (Å²) in [7, 11) is 6.07. The fourth-order valence-electron chi connectivity index (χ4n) is 2.65. The molecule has 1 N–H and O–H groups in total. The molecule has 0 radical (unpaired) electrons. The summed E-state index contributed by atoms with van der Waals surface area (Å²) in [5.74, 6) is 0.971. The summed E-state index contributed by atoms with van der Waals surface area (Å²) in [6.07, 6.45) is 1.93. The Balaban J connectivity index is 2.17. The Morgan fingerprint density at radius 1 is 1.15 bits per heavy atom. The van der Waals surface area contributed by atoms with Gasteiger partial charge in [0.15, 0.2) is 0 Å². The zero-order chi connectivity index (χ0) is 14.9. The first-order valence-electron chi connectivity index (χ1n) is 6.89. The molecule has 108 valence electrons. The third-order valence-corrected chi connectivity index (χ3v) is 3.58. The van der Waals surface area contributed by atoms with Crippen molar-refractivity contribution >= 4 is 11.6 Å². The Morgan fingerprint density at radius 3 is 2.25 bits per heavy atom. The van der Waals surface area contributed by atoms with Crippen LogP contribution >= 0.6 is 0 Å². The number of anilines is 2. The van der Waals surface area contributed by atoms with E-state index in [1.165, 1.54) is 28.1 Å². The second-order valence-electron chi connectivity index (χ2n) is 5.63. The van der Waals surface area contributed by atoms with Gasteiger partial charge in [-0.3, -0.25) is 0 Å². The molecule has 0 aliphatic heterocycles. The molecule has 2 rings (SSSR count). The van der Waals surface area contributed by atoms with Gasteiger partial charge in [0, 0.05) is 26.8 Å². The lowest BCUT2D eigenvalue weighted by Crippen LogP contribution is -2.15. The van der Waals surface area contributed by atoms with Crippen LogP contribution in [-0.4, -0.2) is 23.6 Å². The predicted octanol–water partition coefficient (Wildman–Crippen LogP) is 3.02. The quantitative estimate of drug-likeness (QED) is 0.928. The highest BCUT2D eigenvalue weighted by atomic mass is 15.3. The standard InChI is InChI=1S/C16H24N4/c1-11-7-12(2)15(13(3)8-11)17-9-14-10-18-16(19(4)5)20(14)6/h7-8,10,17H,9H2,1-6H3. The molecule has 0 bridgehead atoms. The van der Waals surface area contributed by atoms with Crippen LogP contribution in [0.25, 0.3) is 0 Å². The van der Waals surface area contributed by atoms with E-state index >= 15 is 0 Å². The van der Waals surface area contributed by atoms with Crippen molar-refractivity contribution in [2.24, 2.45) is 7.05 Å². The van der Waals surface area contributed by atoms with E-state index in [1.54, 1.807) is 0 Å². The molecular formula is C16H24N4. The molecule has 4 heteroatoms. The number of hydrogen-bond donors (Lipinski definition) is 1. The number of nitrogens with one attached hydrogen (secondary N) is 1. The minimum atomic E-state index is 0.780. The van der Waals surface area contributed by atoms with E-state index < -0.39 is 0 Å². The summed E-state index contributed by atoms with van der Waals surface area (Å²) in [6, 6.07) is 4.42. The minimum absolute atomic E-state index is 0.780. The summed E-state index contributed by atoms with van der Waals surface area (Å²) >= 11 is 0. The Bertz CT molecular complexity index is 588. The predicted molar refractivity (Wildman–Crippen MR) is 85.5 cm³/mol. The average molecular weight is 272 g/mol. The average Bonchev–Trinajstić information content (AvgIpc) is 2.69. The maximum absolute atomic E-state index is 4.44. The molecule has 0 aliphatic rings. The number of hydrogen-bond acceptors (Lipinski definition) is 3. The highest BCUT2D eigenvalue weighted by Gasteiger charge is 2.09. The van der Waals surface area contributed by atoms with E-state index in [0.717, 1.165) is 12.5 Å². The summed E-state index contributed by atoms with van der Waals surface area (Å²) in [6.45, 7) is 7.21. The summed E-state index contributed by atoms with van der Waals surface area (Å²) in [5.41, 5.74) is 6.28. The molecule has 0 amide bonds. The molecule has 1 heterocycles. The number of nitrogens with zero attached hydrogens (tertiary/aromatic N) is 3. The van der Waals surface area contributed by atoms with Crippen molar-refractivity contribution < 1.29 is 0 Å². The van der Waals surface area contributed by atoms with Crippen molar-refractivity contribution in [3.63, 3.8) is 0 Å². The van der Waals surface area contributed by atoms with Gasteiger partial charge in [-0.1, -0.05) is 17.7 Å². The molecule has 0 spiro atoms. The molecule has 0 aliphatic carbocycles. The number of aryl methyl sites for hydroxylation is 3. The van der Waals surface area contributed by atoms with E-state index in [9.17, 15) is 0 Å². The van der Waals surface area contributed by atoms with Crippen molar-refractivity contribution in [1.29, 1.82) is 0 Å². The van der Waals surface area contributed by atoms with Crippen molar-refractivity contribution in [3.8, 4) is 0 Å². The van der Waals surface area contributed by atoms with Gasteiger partial charge in [0.2, 0.25) is 5.95 Å². The van der Waals surface area contributed by atoms with Crippen LogP contribution in [0.1, 0.15) is 22.4 Å². The smallest absolute Gasteiger partial charge is 0.204 e. The lowest BCUT2D eigenvalue weighted by molar-refractivity contribution is 0.813. The fraction of sp³-hybridized carbons (Fsp3) is 0.438. The van der Waals surface area contributed by atoms with Crippen molar-refractivity contribution in [1.82, 2.24) is 9.55 Å². The number of rotatable bonds is 4. The molecule has 0 atom stereocenters. The minimum Gasteiger partial charge on any atom is -0.379 e. The summed E-state index contributed by atoms with van der Waals surface area (Å²) in [5, 5.41) is 3.54. The van der Waals surface area contributed by atoms with Crippen LogP contribution < -0.4 is 10.2 Å². The SMILES string of the molecule is Cc1cc(C)c(NCc2cnc(N(C)C)n2C)c(C)c1. The normalized spacial score (nSPS) is 10.7. The van der Waals surface area contributed by atoms with Crippen LogP contribution in [0.5, 0.6) is 0 Å². The van der Waals surface area contributed by atoms with Gasteiger partial charge >= 0.3 is 0 Å². The molecule has 1 aromatic carbocycles. The van der Waals surface area contributed by atoms with Gasteiger partial charge in [-0.25, -0.2) is 4.98 Å². The lowest BCUT2D eigenvalue weighted by Gasteiger charge is -2.15. The highest BCUT2D eigenvalue weighted by Crippen LogP contribution is 2.23. The van der Waals surface area contributed by atoms with E-state index in [-0.39, 0.29) is 0 Å². The van der Waals surface area contributed by atoms with Crippen LogP contribution in [0.15, 0.2) is 18.3 Å². The summed E-state index contributed by atoms with van der Waals surface area (Å²) in [4.78, 5) is 6.46. The van der Waals surface area contributed by atoms with Crippen molar-refractivity contribution in [3.05, 3.63) is 40.7 Å². The monoisotopic (exact) mass is 272 g/mol. The van der Waals surface area contributed by atoms with Gasteiger partial charge in [0.05, 0.1) is 18.4 Å². The third-order valence-electron chi connectivity index (χ3n) is 3.58. The van der Waals surface area contributed by atoms with E-state index in [0.29, 0.717) is 0 Å². The molecule has 0 fully saturated rings. The topological polar surface area (TPSA) is 33.1 Å². The maximum Gasteiger partial charge on any atom is 0.204 e. The number of benzene rings is 1. The van der Waals surface area contributed by atoms with Crippen molar-refractivity contribution in [2.45, 2.75) is 27.3 Å². The Hall–Kier alpha value is -1.97. The van der Waals surface area contributed by atoms with Gasteiger partial charge in [-0.2, -0.15) is 0 Å². The molecule has 1 aromatic heterocycles.